The predicted molar refractivity (Wildman–Crippen MR) is 74.5 cm³/mol. The minimum absolute atomic E-state index is 0.0907. The summed E-state index contributed by atoms with van der Waals surface area (Å²) in [6.45, 7) is 3.22. The number of benzene rings is 1. The van der Waals surface area contributed by atoms with Gasteiger partial charge >= 0.3 is 0 Å². The van der Waals surface area contributed by atoms with Gasteiger partial charge in [0.05, 0.1) is 5.56 Å². The highest BCUT2D eigenvalue weighted by molar-refractivity contribution is 5.50. The third-order valence-corrected chi connectivity index (χ3v) is 3.55. The normalized spacial score (nSPS) is 20.6. The largest absolute Gasteiger partial charge is 0.382 e. The smallest absolute Gasteiger partial charge is 0.141 e. The molecule has 0 aromatic heterocycles. The number of hydrogen-bond donors (Lipinski definition) is 2. The van der Waals surface area contributed by atoms with Gasteiger partial charge in [-0.2, -0.15) is 5.26 Å². The number of nitriles is 1. The van der Waals surface area contributed by atoms with Crippen LogP contribution in [0.3, 0.4) is 0 Å². The molecule has 2 atom stereocenters. The highest BCUT2D eigenvalue weighted by Crippen LogP contribution is 2.18. The number of anilines is 1. The third kappa shape index (κ3) is 3.93. The van der Waals surface area contributed by atoms with Crippen LogP contribution in [0.4, 0.5) is 10.1 Å². The van der Waals surface area contributed by atoms with Crippen LogP contribution in [-0.2, 0) is 0 Å². The molecule has 1 aromatic rings. The molecule has 0 saturated carbocycles. The van der Waals surface area contributed by atoms with Crippen LogP contribution in [0, 0.1) is 17.1 Å². The molecule has 0 bridgehead atoms. The zero-order valence-electron chi connectivity index (χ0n) is 11.2. The number of halogens is 1. The molecule has 1 fully saturated rings. The fourth-order valence-electron chi connectivity index (χ4n) is 2.60. The monoisotopic (exact) mass is 261 g/mol. The van der Waals surface area contributed by atoms with Crippen LogP contribution in [0.5, 0.6) is 0 Å². The molecular formula is C15H20FN3. The van der Waals surface area contributed by atoms with E-state index in [1.54, 1.807) is 12.1 Å². The lowest BCUT2D eigenvalue weighted by Gasteiger charge is -2.27. The lowest BCUT2D eigenvalue weighted by atomic mass is 9.98. The average Bonchev–Trinajstić information content (AvgIpc) is 2.42. The van der Waals surface area contributed by atoms with Gasteiger partial charge in [0, 0.05) is 17.8 Å². The Morgan fingerprint density at radius 1 is 1.53 bits per heavy atom. The summed E-state index contributed by atoms with van der Waals surface area (Å²) in [5, 5.41) is 15.7. The Bertz CT molecular complexity index is 461. The minimum atomic E-state index is -0.463. The lowest BCUT2D eigenvalue weighted by molar-refractivity contribution is 0.371. The second-order valence-corrected chi connectivity index (χ2v) is 5.23. The van der Waals surface area contributed by atoms with Crippen LogP contribution in [0.1, 0.15) is 38.2 Å². The summed E-state index contributed by atoms with van der Waals surface area (Å²) in [4.78, 5) is 0. The highest BCUT2D eigenvalue weighted by Gasteiger charge is 2.15. The van der Waals surface area contributed by atoms with Gasteiger partial charge in [0.25, 0.3) is 0 Å². The summed E-state index contributed by atoms with van der Waals surface area (Å²) >= 11 is 0. The van der Waals surface area contributed by atoms with Crippen molar-refractivity contribution in [3.63, 3.8) is 0 Å². The van der Waals surface area contributed by atoms with E-state index in [9.17, 15) is 4.39 Å². The van der Waals surface area contributed by atoms with Crippen molar-refractivity contribution in [2.24, 2.45) is 0 Å². The maximum Gasteiger partial charge on any atom is 0.141 e. The van der Waals surface area contributed by atoms with E-state index in [-0.39, 0.29) is 5.56 Å². The molecule has 1 aliphatic rings. The van der Waals surface area contributed by atoms with Gasteiger partial charge in [0.15, 0.2) is 0 Å². The van der Waals surface area contributed by atoms with Gasteiger partial charge in [0.2, 0.25) is 0 Å². The predicted octanol–water partition coefficient (Wildman–Crippen LogP) is 3.03. The zero-order chi connectivity index (χ0) is 13.7. The van der Waals surface area contributed by atoms with Gasteiger partial charge in [-0.1, -0.05) is 6.42 Å². The zero-order valence-corrected chi connectivity index (χ0v) is 11.2. The first-order chi connectivity index (χ1) is 9.19. The van der Waals surface area contributed by atoms with Crippen molar-refractivity contribution >= 4 is 5.69 Å². The van der Waals surface area contributed by atoms with Crippen molar-refractivity contribution in [3.8, 4) is 6.07 Å². The SMILES string of the molecule is CC(CC1CCCCN1)Nc1ccc(F)c(C#N)c1. The van der Waals surface area contributed by atoms with E-state index in [2.05, 4.69) is 17.6 Å². The molecular weight excluding hydrogens is 241 g/mol. The van der Waals surface area contributed by atoms with Crippen molar-refractivity contribution in [1.82, 2.24) is 5.32 Å². The standard InChI is InChI=1S/C15H20FN3/c1-11(8-13-4-2-3-7-18-13)19-14-5-6-15(16)12(9-14)10-17/h5-6,9,11,13,18-19H,2-4,7-8H2,1H3. The summed E-state index contributed by atoms with van der Waals surface area (Å²) in [6, 6.07) is 7.31. The number of nitrogens with zero attached hydrogens (tertiary/aromatic N) is 1. The molecule has 4 heteroatoms. The number of hydrogen-bond acceptors (Lipinski definition) is 3. The average molecular weight is 261 g/mol. The van der Waals surface area contributed by atoms with Crippen LogP contribution in [-0.4, -0.2) is 18.6 Å². The molecule has 0 amide bonds. The Hall–Kier alpha value is -1.60. The van der Waals surface area contributed by atoms with Gasteiger partial charge in [-0.3, -0.25) is 0 Å². The van der Waals surface area contributed by atoms with Crippen LogP contribution < -0.4 is 10.6 Å². The molecule has 2 rings (SSSR count). The van der Waals surface area contributed by atoms with Crippen LogP contribution in [0.15, 0.2) is 18.2 Å². The lowest BCUT2D eigenvalue weighted by Crippen LogP contribution is -2.37. The highest BCUT2D eigenvalue weighted by atomic mass is 19.1. The molecule has 1 saturated heterocycles. The molecule has 1 heterocycles. The maximum atomic E-state index is 13.2. The Kier molecular flexibility index (Phi) is 4.75. The van der Waals surface area contributed by atoms with Gasteiger partial charge in [-0.15, -0.1) is 0 Å². The molecule has 102 valence electrons. The molecule has 1 aromatic carbocycles. The van der Waals surface area contributed by atoms with Crippen molar-refractivity contribution in [1.29, 1.82) is 5.26 Å². The van der Waals surface area contributed by atoms with E-state index < -0.39 is 5.82 Å². The first kappa shape index (κ1) is 13.8. The van der Waals surface area contributed by atoms with Crippen LogP contribution in [0.2, 0.25) is 0 Å². The van der Waals surface area contributed by atoms with Crippen molar-refractivity contribution < 1.29 is 4.39 Å². The van der Waals surface area contributed by atoms with E-state index in [0.717, 1.165) is 18.7 Å². The molecule has 0 aliphatic carbocycles. The van der Waals surface area contributed by atoms with E-state index >= 15 is 0 Å². The quantitative estimate of drug-likeness (QED) is 0.875. The van der Waals surface area contributed by atoms with Gasteiger partial charge in [-0.25, -0.2) is 4.39 Å². The molecule has 0 spiro atoms. The summed E-state index contributed by atoms with van der Waals surface area (Å²) in [5.41, 5.74) is 0.897. The molecule has 3 nitrogen and oxygen atoms in total. The minimum Gasteiger partial charge on any atom is -0.382 e. The molecule has 1 aliphatic heterocycles. The molecule has 2 unspecified atom stereocenters. The van der Waals surface area contributed by atoms with Gasteiger partial charge in [-0.05, 0) is 50.9 Å². The van der Waals surface area contributed by atoms with Crippen molar-refractivity contribution in [2.75, 3.05) is 11.9 Å². The number of piperidine rings is 1. The summed E-state index contributed by atoms with van der Waals surface area (Å²) in [6.07, 6.45) is 4.82. The Morgan fingerprint density at radius 3 is 3.05 bits per heavy atom. The molecule has 2 N–H and O–H groups in total. The van der Waals surface area contributed by atoms with E-state index in [1.807, 2.05) is 6.07 Å². The molecule has 0 radical (unpaired) electrons. The first-order valence-corrected chi connectivity index (χ1v) is 6.88. The number of rotatable bonds is 4. The second kappa shape index (κ2) is 6.53. The fraction of sp³-hybridized carbons (Fsp3) is 0.533. The second-order valence-electron chi connectivity index (χ2n) is 5.23. The Balaban J connectivity index is 1.91. The Morgan fingerprint density at radius 2 is 2.37 bits per heavy atom. The maximum absolute atomic E-state index is 13.2. The fourth-order valence-corrected chi connectivity index (χ4v) is 2.60. The van der Waals surface area contributed by atoms with E-state index in [0.29, 0.717) is 12.1 Å². The van der Waals surface area contributed by atoms with Crippen LogP contribution >= 0.6 is 0 Å². The van der Waals surface area contributed by atoms with Gasteiger partial charge < -0.3 is 10.6 Å². The summed E-state index contributed by atoms with van der Waals surface area (Å²) < 4.78 is 13.2. The summed E-state index contributed by atoms with van der Waals surface area (Å²) in [5.74, 6) is -0.463. The van der Waals surface area contributed by atoms with Crippen molar-refractivity contribution in [3.05, 3.63) is 29.6 Å². The van der Waals surface area contributed by atoms with E-state index in [4.69, 9.17) is 5.26 Å². The first-order valence-electron chi connectivity index (χ1n) is 6.88. The van der Waals surface area contributed by atoms with Crippen LogP contribution in [0.25, 0.3) is 0 Å². The topological polar surface area (TPSA) is 47.8 Å². The summed E-state index contributed by atoms with van der Waals surface area (Å²) in [7, 11) is 0. The van der Waals surface area contributed by atoms with E-state index in [1.165, 1.54) is 25.3 Å². The van der Waals surface area contributed by atoms with Gasteiger partial charge in [0.1, 0.15) is 11.9 Å². The van der Waals surface area contributed by atoms with Crippen molar-refractivity contribution in [2.45, 2.75) is 44.7 Å². The Labute approximate surface area is 113 Å². The molecule has 19 heavy (non-hydrogen) atoms. The third-order valence-electron chi connectivity index (χ3n) is 3.55. The number of nitrogens with one attached hydrogen (secondary N) is 2.